The van der Waals surface area contributed by atoms with Crippen molar-refractivity contribution in [2.75, 3.05) is 13.2 Å². The van der Waals surface area contributed by atoms with E-state index in [4.69, 9.17) is 9.47 Å². The highest BCUT2D eigenvalue weighted by atomic mass is 16.6. The zero-order chi connectivity index (χ0) is 6.27. The van der Waals surface area contributed by atoms with E-state index in [1.807, 2.05) is 0 Å². The van der Waals surface area contributed by atoms with Gasteiger partial charge in [-0.1, -0.05) is 0 Å². The summed E-state index contributed by atoms with van der Waals surface area (Å²) in [7, 11) is 0. The highest BCUT2D eigenvalue weighted by Gasteiger charge is 2.43. The van der Waals surface area contributed by atoms with Gasteiger partial charge in [-0.05, 0) is 0 Å². The second kappa shape index (κ2) is 1.78. The molecule has 1 aliphatic heterocycles. The molecule has 3 nitrogen and oxygen atoms in total. The Bertz CT molecular complexity index is 143. The molecule has 0 aromatic carbocycles. The maximum absolute atomic E-state index is 10.7. The predicted octanol–water partition coefficient (Wildman–Crippen LogP) is -0.257. The normalized spacial score (nSPS) is 41.6. The molecule has 3 heteroatoms. The number of carbonyl (C=O) groups excluding carboxylic acids is 1. The van der Waals surface area contributed by atoms with Crippen molar-refractivity contribution >= 4 is 5.78 Å². The molecule has 9 heavy (non-hydrogen) atoms. The third-order valence-corrected chi connectivity index (χ3v) is 1.77. The number of carbonyl (C=O) groups is 1. The van der Waals surface area contributed by atoms with Crippen molar-refractivity contribution in [3.05, 3.63) is 0 Å². The molecule has 0 bridgehead atoms. The van der Waals surface area contributed by atoms with Gasteiger partial charge in [0.05, 0.1) is 19.3 Å². The number of hydrogen-bond donors (Lipinski definition) is 0. The summed E-state index contributed by atoms with van der Waals surface area (Å²) in [6.45, 7) is 1.22. The van der Waals surface area contributed by atoms with E-state index >= 15 is 0 Å². The van der Waals surface area contributed by atoms with Crippen LogP contribution in [0.1, 0.15) is 6.42 Å². The number of fused-ring (bicyclic) bond motifs is 1. The first-order valence-corrected chi connectivity index (χ1v) is 3.14. The van der Waals surface area contributed by atoms with Crippen molar-refractivity contribution in [1.82, 2.24) is 0 Å². The summed E-state index contributed by atoms with van der Waals surface area (Å²) in [6, 6.07) is 0. The minimum atomic E-state index is -0.209. The van der Waals surface area contributed by atoms with Crippen LogP contribution >= 0.6 is 0 Å². The molecule has 0 aromatic heterocycles. The number of rotatable bonds is 0. The standard InChI is InChI=1S/C6H8O3/c7-4-3-5-6(4)9-2-1-8-5/h5-6H,1-3H2/t5-,6+/m0/s1. The predicted molar refractivity (Wildman–Crippen MR) is 29.1 cm³/mol. The van der Waals surface area contributed by atoms with Crippen LogP contribution in [-0.4, -0.2) is 31.2 Å². The number of ether oxygens (including phenoxy) is 2. The average molecular weight is 128 g/mol. The molecule has 0 N–H and O–H groups in total. The zero-order valence-electron chi connectivity index (χ0n) is 5.00. The molecule has 0 amide bonds. The van der Waals surface area contributed by atoms with Gasteiger partial charge in [-0.15, -0.1) is 0 Å². The maximum atomic E-state index is 10.7. The van der Waals surface area contributed by atoms with E-state index in [1.165, 1.54) is 0 Å². The molecule has 1 aliphatic carbocycles. The van der Waals surface area contributed by atoms with Crippen LogP contribution in [0.4, 0.5) is 0 Å². The first-order valence-electron chi connectivity index (χ1n) is 3.14. The van der Waals surface area contributed by atoms with Gasteiger partial charge >= 0.3 is 0 Å². The van der Waals surface area contributed by atoms with E-state index in [9.17, 15) is 4.79 Å². The molecule has 2 atom stereocenters. The summed E-state index contributed by atoms with van der Waals surface area (Å²) >= 11 is 0. The van der Waals surface area contributed by atoms with Gasteiger partial charge in [-0.3, -0.25) is 4.79 Å². The van der Waals surface area contributed by atoms with Crippen LogP contribution in [0.5, 0.6) is 0 Å². The topological polar surface area (TPSA) is 35.5 Å². The van der Waals surface area contributed by atoms with Crippen molar-refractivity contribution in [3.8, 4) is 0 Å². The molecule has 2 fully saturated rings. The lowest BCUT2D eigenvalue weighted by molar-refractivity contribution is -0.191. The van der Waals surface area contributed by atoms with Gasteiger partial charge in [0.15, 0.2) is 5.78 Å². The molecule has 0 unspecified atom stereocenters. The lowest BCUT2D eigenvalue weighted by Gasteiger charge is -2.37. The molecule has 2 rings (SSSR count). The van der Waals surface area contributed by atoms with E-state index < -0.39 is 0 Å². The van der Waals surface area contributed by atoms with Crippen LogP contribution in [-0.2, 0) is 14.3 Å². The van der Waals surface area contributed by atoms with Crippen LogP contribution in [0, 0.1) is 0 Å². The lowest BCUT2D eigenvalue weighted by atomic mass is 9.89. The van der Waals surface area contributed by atoms with E-state index in [2.05, 4.69) is 0 Å². The number of ketones is 1. The number of hydrogen-bond acceptors (Lipinski definition) is 3. The monoisotopic (exact) mass is 128 g/mol. The smallest absolute Gasteiger partial charge is 0.166 e. The van der Waals surface area contributed by atoms with E-state index in [-0.39, 0.29) is 18.0 Å². The SMILES string of the molecule is O=C1C[C@@H]2OCCO[C@H]12. The Hall–Kier alpha value is -0.410. The van der Waals surface area contributed by atoms with Crippen LogP contribution in [0.2, 0.25) is 0 Å². The molecule has 1 heterocycles. The van der Waals surface area contributed by atoms with Gasteiger partial charge in [0.1, 0.15) is 6.10 Å². The van der Waals surface area contributed by atoms with Gasteiger partial charge in [0.25, 0.3) is 0 Å². The highest BCUT2D eigenvalue weighted by Crippen LogP contribution is 2.25. The van der Waals surface area contributed by atoms with Crippen LogP contribution in [0.25, 0.3) is 0 Å². The molecule has 0 spiro atoms. The zero-order valence-corrected chi connectivity index (χ0v) is 5.00. The summed E-state index contributed by atoms with van der Waals surface area (Å²) in [5.74, 6) is 0.194. The van der Waals surface area contributed by atoms with Gasteiger partial charge < -0.3 is 9.47 Å². The second-order valence-corrected chi connectivity index (χ2v) is 2.37. The molecular formula is C6H8O3. The molecule has 0 radical (unpaired) electrons. The average Bonchev–Trinajstić information content (AvgIpc) is 1.86. The van der Waals surface area contributed by atoms with Crippen LogP contribution in [0.15, 0.2) is 0 Å². The molecular weight excluding hydrogens is 120 g/mol. The second-order valence-electron chi connectivity index (χ2n) is 2.37. The third-order valence-electron chi connectivity index (χ3n) is 1.77. The van der Waals surface area contributed by atoms with Gasteiger partial charge in [-0.25, -0.2) is 0 Å². The first-order chi connectivity index (χ1) is 4.38. The minimum absolute atomic E-state index is 0.0891. The highest BCUT2D eigenvalue weighted by molar-refractivity contribution is 5.90. The van der Waals surface area contributed by atoms with E-state index in [1.54, 1.807) is 0 Å². The number of Topliss-reactive ketones (excluding diaryl/α,β-unsaturated/α-hetero) is 1. The first kappa shape index (κ1) is 5.38. The van der Waals surface area contributed by atoms with Gasteiger partial charge in [-0.2, -0.15) is 0 Å². The summed E-state index contributed by atoms with van der Waals surface area (Å²) in [5, 5.41) is 0. The Morgan fingerprint density at radius 2 is 2.11 bits per heavy atom. The molecule has 0 aromatic rings. The lowest BCUT2D eigenvalue weighted by Crippen LogP contribution is -2.54. The Balaban J connectivity index is 2.01. The fraction of sp³-hybridized carbons (Fsp3) is 0.833. The summed E-state index contributed by atoms with van der Waals surface area (Å²) in [6.07, 6.45) is 0.440. The molecule has 1 saturated heterocycles. The van der Waals surface area contributed by atoms with Crippen molar-refractivity contribution in [2.24, 2.45) is 0 Å². The molecule has 2 aliphatic rings. The van der Waals surface area contributed by atoms with Gasteiger partial charge in [0, 0.05) is 6.42 Å². The van der Waals surface area contributed by atoms with Crippen molar-refractivity contribution < 1.29 is 14.3 Å². The Kier molecular flexibility index (Phi) is 1.07. The molecule has 1 saturated carbocycles. The van der Waals surface area contributed by atoms with E-state index in [0.29, 0.717) is 19.6 Å². The fourth-order valence-electron chi connectivity index (χ4n) is 1.19. The van der Waals surface area contributed by atoms with Crippen molar-refractivity contribution in [2.45, 2.75) is 18.6 Å². The summed E-state index contributed by atoms with van der Waals surface area (Å²) < 4.78 is 10.3. The van der Waals surface area contributed by atoms with Gasteiger partial charge in [0.2, 0.25) is 0 Å². The quantitative estimate of drug-likeness (QED) is 0.451. The largest absolute Gasteiger partial charge is 0.372 e. The third kappa shape index (κ3) is 0.686. The summed E-state index contributed by atoms with van der Waals surface area (Å²) in [4.78, 5) is 10.7. The van der Waals surface area contributed by atoms with Crippen molar-refractivity contribution in [3.63, 3.8) is 0 Å². The maximum Gasteiger partial charge on any atom is 0.166 e. The minimum Gasteiger partial charge on any atom is -0.372 e. The van der Waals surface area contributed by atoms with Crippen molar-refractivity contribution in [1.29, 1.82) is 0 Å². The molecule has 50 valence electrons. The Labute approximate surface area is 52.9 Å². The Morgan fingerprint density at radius 1 is 1.33 bits per heavy atom. The van der Waals surface area contributed by atoms with E-state index in [0.717, 1.165) is 0 Å². The van der Waals surface area contributed by atoms with Crippen LogP contribution < -0.4 is 0 Å². The summed E-state index contributed by atoms with van der Waals surface area (Å²) in [5.41, 5.74) is 0. The Morgan fingerprint density at radius 3 is 2.67 bits per heavy atom. The van der Waals surface area contributed by atoms with Crippen LogP contribution in [0.3, 0.4) is 0 Å². The fourth-order valence-corrected chi connectivity index (χ4v) is 1.19.